The Morgan fingerprint density at radius 2 is 1.56 bits per heavy atom. The molecule has 0 aromatic rings. The van der Waals surface area contributed by atoms with E-state index in [9.17, 15) is 13.2 Å². The molecule has 0 saturated heterocycles. The van der Waals surface area contributed by atoms with Gasteiger partial charge >= 0.3 is 32.5 Å². The summed E-state index contributed by atoms with van der Waals surface area (Å²) in [6, 6.07) is 0. The van der Waals surface area contributed by atoms with E-state index in [1.807, 2.05) is 0 Å². The molecule has 0 radical (unpaired) electrons. The molecule has 0 spiro atoms. The first-order valence-electron chi connectivity index (χ1n) is 1.52. The zero-order valence-electron chi connectivity index (χ0n) is 3.51. The van der Waals surface area contributed by atoms with Gasteiger partial charge in [0.05, 0.1) is 0 Å². The van der Waals surface area contributed by atoms with E-state index in [-0.39, 0.29) is 18.9 Å². The van der Waals surface area contributed by atoms with Crippen molar-refractivity contribution >= 4 is 26.2 Å². The third-order valence-corrected chi connectivity index (χ3v) is 0.239. The normalized spacial score (nSPS) is 10.3. The van der Waals surface area contributed by atoms with Gasteiger partial charge in [-0.05, 0) is 0 Å². The van der Waals surface area contributed by atoms with E-state index in [1.165, 1.54) is 0 Å². The van der Waals surface area contributed by atoms with Gasteiger partial charge in [-0.15, -0.1) is 13.2 Å². The van der Waals surface area contributed by atoms with Crippen LogP contribution in [0.4, 0.5) is 13.2 Å². The molecule has 0 atom stereocenters. The van der Waals surface area contributed by atoms with Crippen molar-refractivity contribution in [1.29, 1.82) is 0 Å². The van der Waals surface area contributed by atoms with Gasteiger partial charge in [0.2, 0.25) is 0 Å². The molecule has 0 aliphatic rings. The van der Waals surface area contributed by atoms with Crippen molar-refractivity contribution in [2.75, 3.05) is 0 Å². The molecule has 2 N–H and O–H groups in total. The van der Waals surface area contributed by atoms with Gasteiger partial charge in [-0.3, -0.25) is 4.65 Å². The van der Waals surface area contributed by atoms with Gasteiger partial charge < -0.3 is 10.0 Å². The second kappa shape index (κ2) is 4.20. The van der Waals surface area contributed by atoms with E-state index in [0.717, 1.165) is 0 Å². The number of halogens is 3. The number of alkyl halides is 3. The molecular formula is CH3BF3LiO3. The summed E-state index contributed by atoms with van der Waals surface area (Å²) in [6.45, 7) is 0. The van der Waals surface area contributed by atoms with Crippen LogP contribution in [0.3, 0.4) is 0 Å². The van der Waals surface area contributed by atoms with Crippen LogP contribution in [0.2, 0.25) is 0 Å². The minimum absolute atomic E-state index is 0. The fraction of sp³-hybridized carbons (Fsp3) is 1.00. The fourth-order valence-corrected chi connectivity index (χ4v) is 0.120. The van der Waals surface area contributed by atoms with Crippen molar-refractivity contribution in [2.24, 2.45) is 0 Å². The second-order valence-corrected chi connectivity index (χ2v) is 0.890. The van der Waals surface area contributed by atoms with Gasteiger partial charge in [-0.2, -0.15) is 0 Å². The van der Waals surface area contributed by atoms with Gasteiger partial charge in [0.25, 0.3) is 0 Å². The van der Waals surface area contributed by atoms with Crippen molar-refractivity contribution in [3.05, 3.63) is 0 Å². The molecular weight excluding hydrogens is 135 g/mol. The van der Waals surface area contributed by atoms with Crippen LogP contribution >= 0.6 is 0 Å². The van der Waals surface area contributed by atoms with Crippen molar-refractivity contribution in [3.63, 3.8) is 0 Å². The molecule has 0 fully saturated rings. The van der Waals surface area contributed by atoms with Crippen molar-refractivity contribution in [1.82, 2.24) is 0 Å². The molecule has 0 rings (SSSR count). The Morgan fingerprint density at radius 3 is 1.56 bits per heavy atom. The van der Waals surface area contributed by atoms with Crippen LogP contribution in [-0.4, -0.2) is 42.6 Å². The summed E-state index contributed by atoms with van der Waals surface area (Å²) in [5, 5.41) is 15.0. The monoisotopic (exact) mass is 138 g/mol. The molecule has 8 heteroatoms. The predicted octanol–water partition coefficient (Wildman–Crippen LogP) is -1.16. The van der Waals surface area contributed by atoms with E-state index < -0.39 is 13.7 Å². The van der Waals surface area contributed by atoms with Gasteiger partial charge in [0.15, 0.2) is 0 Å². The summed E-state index contributed by atoms with van der Waals surface area (Å²) in [5.41, 5.74) is 0. The maximum absolute atomic E-state index is 10.8. The zero-order chi connectivity index (χ0) is 6.78. The van der Waals surface area contributed by atoms with Crippen LogP contribution in [0.25, 0.3) is 0 Å². The van der Waals surface area contributed by atoms with Crippen molar-refractivity contribution < 1.29 is 27.9 Å². The fourth-order valence-electron chi connectivity index (χ4n) is 0.120. The molecule has 0 aliphatic carbocycles. The quantitative estimate of drug-likeness (QED) is 0.449. The molecule has 0 aromatic heterocycles. The molecule has 9 heavy (non-hydrogen) atoms. The number of hydrogen-bond donors (Lipinski definition) is 2. The topological polar surface area (TPSA) is 49.7 Å². The van der Waals surface area contributed by atoms with E-state index in [2.05, 4.69) is 4.65 Å². The first-order chi connectivity index (χ1) is 3.42. The Labute approximate surface area is 61.2 Å². The molecule has 0 aromatic carbocycles. The number of hydrogen-bond acceptors (Lipinski definition) is 3. The maximum atomic E-state index is 10.8. The molecule has 0 heterocycles. The molecule has 50 valence electrons. The molecule has 0 amide bonds. The van der Waals surface area contributed by atoms with Crippen LogP contribution in [0.1, 0.15) is 0 Å². The summed E-state index contributed by atoms with van der Waals surface area (Å²) in [6.07, 6.45) is -4.98. The first kappa shape index (κ1) is 12.1. The van der Waals surface area contributed by atoms with E-state index in [4.69, 9.17) is 10.0 Å². The predicted molar refractivity (Wildman–Crippen MR) is 24.5 cm³/mol. The van der Waals surface area contributed by atoms with Gasteiger partial charge in [0.1, 0.15) is 0 Å². The van der Waals surface area contributed by atoms with Crippen LogP contribution in [0.5, 0.6) is 0 Å². The van der Waals surface area contributed by atoms with E-state index >= 15 is 0 Å². The van der Waals surface area contributed by atoms with Gasteiger partial charge in [-0.25, -0.2) is 0 Å². The Kier molecular flexibility index (Phi) is 5.62. The van der Waals surface area contributed by atoms with Crippen molar-refractivity contribution in [3.8, 4) is 0 Å². The Hall–Kier alpha value is 0.332. The molecule has 0 saturated carbocycles. The first-order valence-corrected chi connectivity index (χ1v) is 1.52. The molecule has 0 aliphatic heterocycles. The second-order valence-electron chi connectivity index (χ2n) is 0.890. The van der Waals surface area contributed by atoms with Crippen LogP contribution in [0, 0.1) is 0 Å². The van der Waals surface area contributed by atoms with Crippen LogP contribution < -0.4 is 0 Å². The summed E-state index contributed by atoms with van der Waals surface area (Å²) < 4.78 is 34.8. The number of rotatable bonds is 1. The summed E-state index contributed by atoms with van der Waals surface area (Å²) in [7, 11) is -2.78. The van der Waals surface area contributed by atoms with E-state index in [0.29, 0.717) is 0 Å². The molecule has 3 nitrogen and oxygen atoms in total. The standard InChI is InChI=1S/CH2BF3O3.Li.H/c3-1(4,5)8-2(6)7;;/h6-7H;;. The summed E-state index contributed by atoms with van der Waals surface area (Å²) in [4.78, 5) is 0. The van der Waals surface area contributed by atoms with Crippen LogP contribution in [0.15, 0.2) is 0 Å². The third kappa shape index (κ3) is 11.8. The van der Waals surface area contributed by atoms with Crippen LogP contribution in [-0.2, 0) is 4.65 Å². The summed E-state index contributed by atoms with van der Waals surface area (Å²) >= 11 is 0. The molecule has 0 unspecified atom stereocenters. The SMILES string of the molecule is OB(O)OC(F)(F)F.[LiH]. The Bertz CT molecular complexity index is 73.9. The van der Waals surface area contributed by atoms with Gasteiger partial charge in [-0.1, -0.05) is 0 Å². The zero-order valence-corrected chi connectivity index (χ0v) is 3.51. The third-order valence-electron chi connectivity index (χ3n) is 0.239. The average Bonchev–Trinajstić information content (AvgIpc) is 1.21. The Balaban J connectivity index is 0. The van der Waals surface area contributed by atoms with Gasteiger partial charge in [0, 0.05) is 0 Å². The Morgan fingerprint density at radius 1 is 1.22 bits per heavy atom. The minimum atomic E-state index is -4.98. The van der Waals surface area contributed by atoms with Crippen molar-refractivity contribution in [2.45, 2.75) is 6.36 Å². The molecule has 0 bridgehead atoms. The average molecular weight is 138 g/mol. The van der Waals surface area contributed by atoms with E-state index in [1.54, 1.807) is 0 Å². The summed E-state index contributed by atoms with van der Waals surface area (Å²) in [5.74, 6) is 0.